The van der Waals surface area contributed by atoms with Gasteiger partial charge in [0.1, 0.15) is 6.54 Å². The average molecular weight is 295 g/mol. The van der Waals surface area contributed by atoms with Gasteiger partial charge in [-0.25, -0.2) is 0 Å². The van der Waals surface area contributed by atoms with E-state index in [4.69, 9.17) is 0 Å². The number of carbonyl (C=O) groups is 3. The highest BCUT2D eigenvalue weighted by molar-refractivity contribution is 6.22. The van der Waals surface area contributed by atoms with Crippen molar-refractivity contribution < 1.29 is 19.1 Å². The smallest absolute Gasteiger partial charge is 0.325 e. The lowest BCUT2D eigenvalue weighted by Gasteiger charge is -2.06. The fourth-order valence-electron chi connectivity index (χ4n) is 2.50. The van der Waals surface area contributed by atoms with Crippen LogP contribution in [-0.2, 0) is 9.53 Å². The van der Waals surface area contributed by atoms with E-state index in [1.54, 1.807) is 24.3 Å². The molecule has 0 spiro atoms. The molecule has 3 rings (SSSR count). The van der Waals surface area contributed by atoms with E-state index in [1.165, 1.54) is 7.11 Å². The van der Waals surface area contributed by atoms with E-state index in [-0.39, 0.29) is 12.3 Å². The summed E-state index contributed by atoms with van der Waals surface area (Å²) >= 11 is 0. The van der Waals surface area contributed by atoms with Crippen LogP contribution in [0.1, 0.15) is 26.3 Å². The van der Waals surface area contributed by atoms with Gasteiger partial charge in [0.15, 0.2) is 5.78 Å². The van der Waals surface area contributed by atoms with Crippen LogP contribution in [0.4, 0.5) is 0 Å². The second-order valence-corrected chi connectivity index (χ2v) is 4.89. The second kappa shape index (κ2) is 5.44. The minimum absolute atomic E-state index is 0.0896. The molecule has 0 fully saturated rings. The number of hydrogen-bond donors (Lipinski definition) is 1. The van der Waals surface area contributed by atoms with Gasteiger partial charge in [-0.1, -0.05) is 30.3 Å². The zero-order valence-electron chi connectivity index (χ0n) is 11.9. The van der Waals surface area contributed by atoms with E-state index < -0.39 is 11.9 Å². The molecule has 1 N–H and O–H groups in total. The normalized spacial score (nSPS) is 11.6. The van der Waals surface area contributed by atoms with Crippen LogP contribution in [0, 0.1) is 0 Å². The number of esters is 1. The summed E-state index contributed by atoms with van der Waals surface area (Å²) in [5, 5.41) is 2.45. The molecule has 0 saturated heterocycles. The van der Waals surface area contributed by atoms with Crippen molar-refractivity contribution in [3.63, 3.8) is 0 Å². The summed E-state index contributed by atoms with van der Waals surface area (Å²) in [5.41, 5.74) is 3.19. The third kappa shape index (κ3) is 2.26. The maximum atomic E-state index is 12.4. The van der Waals surface area contributed by atoms with Gasteiger partial charge < -0.3 is 10.1 Å². The number of ketones is 1. The molecule has 0 unspecified atom stereocenters. The fraction of sp³-hybridized carbons (Fsp3) is 0.118. The molecule has 0 heterocycles. The first-order chi connectivity index (χ1) is 10.6. The van der Waals surface area contributed by atoms with Crippen molar-refractivity contribution in [2.45, 2.75) is 0 Å². The molecule has 0 radical (unpaired) electrons. The fourth-order valence-corrected chi connectivity index (χ4v) is 2.50. The molecule has 1 amide bonds. The first-order valence-electron chi connectivity index (χ1n) is 6.75. The molecule has 5 heteroatoms. The highest BCUT2D eigenvalue weighted by Crippen LogP contribution is 2.36. The number of carbonyl (C=O) groups excluding carboxylic acids is 3. The lowest BCUT2D eigenvalue weighted by molar-refractivity contribution is -0.139. The molecular formula is C17H13NO4. The van der Waals surface area contributed by atoms with Crippen molar-refractivity contribution in [1.29, 1.82) is 0 Å². The molecule has 0 aliphatic heterocycles. The van der Waals surface area contributed by atoms with E-state index >= 15 is 0 Å². The van der Waals surface area contributed by atoms with Crippen LogP contribution in [-0.4, -0.2) is 31.3 Å². The third-order valence-electron chi connectivity index (χ3n) is 3.61. The molecule has 0 aromatic heterocycles. The third-order valence-corrected chi connectivity index (χ3v) is 3.61. The van der Waals surface area contributed by atoms with E-state index in [9.17, 15) is 14.4 Å². The van der Waals surface area contributed by atoms with Crippen LogP contribution in [0.15, 0.2) is 42.5 Å². The lowest BCUT2D eigenvalue weighted by atomic mass is 10.0. The molecule has 22 heavy (non-hydrogen) atoms. The Labute approximate surface area is 126 Å². The van der Waals surface area contributed by atoms with Crippen LogP contribution in [0.3, 0.4) is 0 Å². The van der Waals surface area contributed by atoms with Gasteiger partial charge in [0.05, 0.1) is 7.11 Å². The Hall–Kier alpha value is -2.95. The summed E-state index contributed by atoms with van der Waals surface area (Å²) in [6.07, 6.45) is 0. The second-order valence-electron chi connectivity index (χ2n) is 4.89. The minimum atomic E-state index is -0.530. The maximum absolute atomic E-state index is 12.4. The van der Waals surface area contributed by atoms with Crippen molar-refractivity contribution in [2.75, 3.05) is 13.7 Å². The summed E-state index contributed by atoms with van der Waals surface area (Å²) in [7, 11) is 1.25. The number of benzene rings is 2. The molecule has 1 aliphatic rings. The Morgan fingerprint density at radius 1 is 1.00 bits per heavy atom. The lowest BCUT2D eigenvalue weighted by Crippen LogP contribution is -2.30. The number of ether oxygens (including phenoxy) is 1. The van der Waals surface area contributed by atoms with E-state index in [0.29, 0.717) is 16.7 Å². The molecule has 110 valence electrons. The zero-order chi connectivity index (χ0) is 15.7. The molecule has 0 atom stereocenters. The Balaban J connectivity index is 1.89. The Kier molecular flexibility index (Phi) is 3.47. The molecule has 2 aromatic rings. The van der Waals surface area contributed by atoms with Crippen LogP contribution in [0.2, 0.25) is 0 Å². The monoisotopic (exact) mass is 295 g/mol. The van der Waals surface area contributed by atoms with Crippen molar-refractivity contribution in [3.05, 3.63) is 59.2 Å². The van der Waals surface area contributed by atoms with Gasteiger partial charge in [0.2, 0.25) is 0 Å². The average Bonchev–Trinajstić information content (AvgIpc) is 2.85. The highest BCUT2D eigenvalue weighted by atomic mass is 16.5. The summed E-state index contributed by atoms with van der Waals surface area (Å²) in [5.74, 6) is -1.04. The number of amides is 1. The Morgan fingerprint density at radius 3 is 2.41 bits per heavy atom. The molecule has 2 aromatic carbocycles. The molecular weight excluding hydrogens is 282 g/mol. The van der Waals surface area contributed by atoms with Crippen LogP contribution in [0.25, 0.3) is 11.1 Å². The summed E-state index contributed by atoms with van der Waals surface area (Å²) in [6.45, 7) is -0.208. The highest BCUT2D eigenvalue weighted by Gasteiger charge is 2.27. The standard InChI is InChI=1S/C17H13NO4/c1-22-15(19)9-18-17(21)10-6-7-12-11-4-2-3-5-13(11)16(20)14(12)8-10/h2-8H,9H2,1H3,(H,18,21). The number of rotatable bonds is 3. The molecule has 1 aliphatic carbocycles. The van der Waals surface area contributed by atoms with Crippen molar-refractivity contribution in [3.8, 4) is 11.1 Å². The number of methoxy groups -OCH3 is 1. The summed E-state index contributed by atoms with van der Waals surface area (Å²) < 4.78 is 4.46. The van der Waals surface area contributed by atoms with Gasteiger partial charge >= 0.3 is 5.97 Å². The van der Waals surface area contributed by atoms with Crippen LogP contribution < -0.4 is 5.32 Å². The predicted molar refractivity (Wildman–Crippen MR) is 79.7 cm³/mol. The first kappa shape index (κ1) is 14.0. The summed E-state index contributed by atoms with van der Waals surface area (Å²) in [6, 6.07) is 12.3. The van der Waals surface area contributed by atoms with Gasteiger partial charge in [-0.2, -0.15) is 0 Å². The van der Waals surface area contributed by atoms with E-state index in [2.05, 4.69) is 10.1 Å². The van der Waals surface area contributed by atoms with Crippen LogP contribution >= 0.6 is 0 Å². The van der Waals surface area contributed by atoms with Crippen molar-refractivity contribution in [1.82, 2.24) is 5.32 Å². The number of fused-ring (bicyclic) bond motifs is 3. The first-order valence-corrected chi connectivity index (χ1v) is 6.75. The van der Waals surface area contributed by atoms with Gasteiger partial charge in [0, 0.05) is 16.7 Å². The summed E-state index contributed by atoms with van der Waals surface area (Å²) in [4.78, 5) is 35.4. The SMILES string of the molecule is COC(=O)CNC(=O)c1ccc2c(c1)C(=O)c1ccccc1-2. The molecule has 0 saturated carbocycles. The van der Waals surface area contributed by atoms with Gasteiger partial charge in [-0.15, -0.1) is 0 Å². The Morgan fingerprint density at radius 2 is 1.68 bits per heavy atom. The minimum Gasteiger partial charge on any atom is -0.468 e. The molecule has 0 bridgehead atoms. The van der Waals surface area contributed by atoms with Crippen LogP contribution in [0.5, 0.6) is 0 Å². The van der Waals surface area contributed by atoms with E-state index in [0.717, 1.165) is 11.1 Å². The van der Waals surface area contributed by atoms with Gasteiger partial charge in [0.25, 0.3) is 5.91 Å². The van der Waals surface area contributed by atoms with Crippen molar-refractivity contribution >= 4 is 17.7 Å². The number of nitrogens with one attached hydrogen (secondary N) is 1. The van der Waals surface area contributed by atoms with Gasteiger partial charge in [-0.3, -0.25) is 14.4 Å². The van der Waals surface area contributed by atoms with E-state index in [1.807, 2.05) is 18.2 Å². The predicted octanol–water partition coefficient (Wildman–Crippen LogP) is 1.80. The van der Waals surface area contributed by atoms with Crippen molar-refractivity contribution in [2.24, 2.45) is 0 Å². The maximum Gasteiger partial charge on any atom is 0.325 e. The topological polar surface area (TPSA) is 72.5 Å². The largest absolute Gasteiger partial charge is 0.468 e. The zero-order valence-corrected chi connectivity index (χ0v) is 11.9. The number of hydrogen-bond acceptors (Lipinski definition) is 4. The molecule has 5 nitrogen and oxygen atoms in total. The van der Waals surface area contributed by atoms with Gasteiger partial charge in [-0.05, 0) is 23.3 Å². The quantitative estimate of drug-likeness (QED) is 0.748. The Bertz CT molecular complexity index is 795.